The van der Waals surface area contributed by atoms with Crippen LogP contribution in [0.4, 0.5) is 5.69 Å². The molecule has 2 rings (SSSR count). The van der Waals surface area contributed by atoms with Gasteiger partial charge in [-0.15, -0.1) is 0 Å². The van der Waals surface area contributed by atoms with Crippen LogP contribution < -0.4 is 10.1 Å². The van der Waals surface area contributed by atoms with E-state index in [0.717, 1.165) is 47.6 Å². The van der Waals surface area contributed by atoms with Crippen LogP contribution in [-0.4, -0.2) is 12.5 Å². The van der Waals surface area contributed by atoms with Crippen LogP contribution in [0.15, 0.2) is 42.5 Å². The zero-order valence-electron chi connectivity index (χ0n) is 15.6. The van der Waals surface area contributed by atoms with Gasteiger partial charge in [0.2, 0.25) is 5.91 Å². The molecule has 1 amide bonds. The van der Waals surface area contributed by atoms with Gasteiger partial charge in [-0.2, -0.15) is 0 Å². The van der Waals surface area contributed by atoms with Crippen molar-refractivity contribution in [2.24, 2.45) is 0 Å². The molecule has 0 unspecified atom stereocenters. The molecule has 0 saturated heterocycles. The third-order valence-corrected chi connectivity index (χ3v) is 4.00. The summed E-state index contributed by atoms with van der Waals surface area (Å²) in [6.07, 6.45) is 5.55. The summed E-state index contributed by atoms with van der Waals surface area (Å²) >= 11 is 0. The van der Waals surface area contributed by atoms with Crippen LogP contribution in [0, 0.1) is 20.8 Å². The molecule has 2 aromatic carbocycles. The molecule has 0 bridgehead atoms. The van der Waals surface area contributed by atoms with Gasteiger partial charge in [0.1, 0.15) is 5.75 Å². The SMILES string of the molecule is CCCCOc1ccc(/C=C/C(=O)Nc2c(C)cc(C)cc2C)cc1. The van der Waals surface area contributed by atoms with Crippen molar-refractivity contribution in [3.05, 3.63) is 64.7 Å². The maximum atomic E-state index is 12.2. The van der Waals surface area contributed by atoms with E-state index in [-0.39, 0.29) is 5.91 Å². The number of carbonyl (C=O) groups is 1. The van der Waals surface area contributed by atoms with E-state index >= 15 is 0 Å². The van der Waals surface area contributed by atoms with Crippen molar-refractivity contribution in [3.63, 3.8) is 0 Å². The van der Waals surface area contributed by atoms with Gasteiger partial charge in [0, 0.05) is 11.8 Å². The molecular weight excluding hydrogens is 310 g/mol. The second kappa shape index (κ2) is 9.07. The highest BCUT2D eigenvalue weighted by molar-refractivity contribution is 6.02. The minimum Gasteiger partial charge on any atom is -0.494 e. The molecule has 0 aliphatic rings. The lowest BCUT2D eigenvalue weighted by Crippen LogP contribution is -2.10. The van der Waals surface area contributed by atoms with Crippen molar-refractivity contribution in [1.29, 1.82) is 0 Å². The first-order chi connectivity index (χ1) is 12.0. The molecule has 132 valence electrons. The largest absolute Gasteiger partial charge is 0.494 e. The van der Waals surface area contributed by atoms with E-state index in [0.29, 0.717) is 0 Å². The molecule has 2 aromatic rings. The Morgan fingerprint density at radius 1 is 1.08 bits per heavy atom. The Bertz CT molecular complexity index is 722. The highest BCUT2D eigenvalue weighted by Crippen LogP contribution is 2.22. The Kier molecular flexibility index (Phi) is 6.81. The number of rotatable bonds is 7. The van der Waals surface area contributed by atoms with Crippen molar-refractivity contribution in [2.75, 3.05) is 11.9 Å². The molecule has 25 heavy (non-hydrogen) atoms. The molecule has 0 aliphatic heterocycles. The summed E-state index contributed by atoms with van der Waals surface area (Å²) in [7, 11) is 0. The Morgan fingerprint density at radius 3 is 2.32 bits per heavy atom. The first kappa shape index (κ1) is 18.8. The molecule has 0 radical (unpaired) electrons. The number of amides is 1. The predicted octanol–water partition coefficient (Wildman–Crippen LogP) is 5.44. The minimum atomic E-state index is -0.127. The molecule has 0 heterocycles. The van der Waals surface area contributed by atoms with Crippen LogP contribution in [0.5, 0.6) is 5.75 Å². The Morgan fingerprint density at radius 2 is 1.72 bits per heavy atom. The Balaban J connectivity index is 1.96. The number of unbranched alkanes of at least 4 members (excludes halogenated alkanes) is 1. The topological polar surface area (TPSA) is 38.3 Å². The van der Waals surface area contributed by atoms with Gasteiger partial charge in [-0.05, 0) is 62.1 Å². The molecule has 3 heteroatoms. The number of carbonyl (C=O) groups excluding carboxylic acids is 1. The fourth-order valence-electron chi connectivity index (χ4n) is 2.72. The van der Waals surface area contributed by atoms with Crippen LogP contribution in [0.25, 0.3) is 6.08 Å². The summed E-state index contributed by atoms with van der Waals surface area (Å²) in [5.74, 6) is 0.735. The highest BCUT2D eigenvalue weighted by atomic mass is 16.5. The zero-order chi connectivity index (χ0) is 18.2. The standard InChI is InChI=1S/C22H27NO2/c1-5-6-13-25-20-10-7-19(8-11-20)9-12-21(24)23-22-17(3)14-16(2)15-18(22)4/h7-12,14-15H,5-6,13H2,1-4H3,(H,23,24)/b12-9+. The van der Waals surface area contributed by atoms with Crippen LogP contribution in [0.1, 0.15) is 42.0 Å². The van der Waals surface area contributed by atoms with Gasteiger partial charge >= 0.3 is 0 Å². The Hall–Kier alpha value is -2.55. The first-order valence-corrected chi connectivity index (χ1v) is 8.79. The predicted molar refractivity (Wildman–Crippen MR) is 105 cm³/mol. The molecular formula is C22H27NO2. The summed E-state index contributed by atoms with van der Waals surface area (Å²) in [4.78, 5) is 12.2. The quantitative estimate of drug-likeness (QED) is 0.539. The van der Waals surface area contributed by atoms with Gasteiger partial charge < -0.3 is 10.1 Å². The summed E-state index contributed by atoms with van der Waals surface area (Å²) in [6.45, 7) is 8.96. The third-order valence-electron chi connectivity index (χ3n) is 4.00. The van der Waals surface area contributed by atoms with Crippen molar-refractivity contribution in [2.45, 2.75) is 40.5 Å². The van der Waals surface area contributed by atoms with E-state index in [1.54, 1.807) is 6.08 Å². The maximum absolute atomic E-state index is 12.2. The lowest BCUT2D eigenvalue weighted by Gasteiger charge is -2.11. The number of anilines is 1. The number of benzene rings is 2. The van der Waals surface area contributed by atoms with E-state index in [2.05, 4.69) is 31.3 Å². The molecule has 0 fully saturated rings. The monoisotopic (exact) mass is 337 g/mol. The fourth-order valence-corrected chi connectivity index (χ4v) is 2.72. The third kappa shape index (κ3) is 5.79. The first-order valence-electron chi connectivity index (χ1n) is 8.79. The molecule has 0 atom stereocenters. The van der Waals surface area contributed by atoms with E-state index in [1.807, 2.05) is 44.2 Å². The normalized spacial score (nSPS) is 10.9. The highest BCUT2D eigenvalue weighted by Gasteiger charge is 2.06. The Labute approximate surface area is 150 Å². The number of hydrogen-bond acceptors (Lipinski definition) is 2. The van der Waals surface area contributed by atoms with E-state index < -0.39 is 0 Å². The summed E-state index contributed by atoms with van der Waals surface area (Å²) < 4.78 is 5.64. The second-order valence-electron chi connectivity index (χ2n) is 6.37. The average Bonchev–Trinajstić information content (AvgIpc) is 2.57. The summed E-state index contributed by atoms with van der Waals surface area (Å²) in [6, 6.07) is 11.9. The smallest absolute Gasteiger partial charge is 0.248 e. The van der Waals surface area contributed by atoms with Crippen LogP contribution in [0.2, 0.25) is 0 Å². The van der Waals surface area contributed by atoms with E-state index in [1.165, 1.54) is 5.56 Å². The number of ether oxygens (including phenoxy) is 1. The van der Waals surface area contributed by atoms with Gasteiger partial charge in [0.05, 0.1) is 6.61 Å². The lowest BCUT2D eigenvalue weighted by atomic mass is 10.1. The molecule has 0 saturated carbocycles. The van der Waals surface area contributed by atoms with Crippen molar-refractivity contribution < 1.29 is 9.53 Å². The van der Waals surface area contributed by atoms with Crippen molar-refractivity contribution in [3.8, 4) is 5.75 Å². The molecule has 0 spiro atoms. The minimum absolute atomic E-state index is 0.127. The average molecular weight is 337 g/mol. The van der Waals surface area contributed by atoms with Gasteiger partial charge in [0.25, 0.3) is 0 Å². The number of aryl methyl sites for hydroxylation is 3. The van der Waals surface area contributed by atoms with Crippen LogP contribution in [0.3, 0.4) is 0 Å². The van der Waals surface area contributed by atoms with Gasteiger partial charge in [-0.25, -0.2) is 0 Å². The van der Waals surface area contributed by atoms with Gasteiger partial charge in [0.15, 0.2) is 0 Å². The lowest BCUT2D eigenvalue weighted by molar-refractivity contribution is -0.111. The number of hydrogen-bond donors (Lipinski definition) is 1. The second-order valence-corrected chi connectivity index (χ2v) is 6.37. The zero-order valence-corrected chi connectivity index (χ0v) is 15.6. The summed E-state index contributed by atoms with van der Waals surface area (Å²) in [5.41, 5.74) is 5.21. The van der Waals surface area contributed by atoms with Crippen molar-refractivity contribution >= 4 is 17.7 Å². The molecule has 1 N–H and O–H groups in total. The van der Waals surface area contributed by atoms with E-state index in [4.69, 9.17) is 4.74 Å². The molecule has 3 nitrogen and oxygen atoms in total. The summed E-state index contributed by atoms with van der Waals surface area (Å²) in [5, 5.41) is 2.97. The molecule has 0 aliphatic carbocycles. The van der Waals surface area contributed by atoms with Crippen LogP contribution >= 0.6 is 0 Å². The van der Waals surface area contributed by atoms with E-state index in [9.17, 15) is 4.79 Å². The fraction of sp³-hybridized carbons (Fsp3) is 0.318. The van der Waals surface area contributed by atoms with Crippen LogP contribution in [-0.2, 0) is 4.79 Å². The van der Waals surface area contributed by atoms with Gasteiger partial charge in [-0.1, -0.05) is 43.2 Å². The number of nitrogens with one attached hydrogen (secondary N) is 1. The van der Waals surface area contributed by atoms with Gasteiger partial charge in [-0.3, -0.25) is 4.79 Å². The molecule has 0 aromatic heterocycles. The van der Waals surface area contributed by atoms with Crippen molar-refractivity contribution in [1.82, 2.24) is 0 Å². The maximum Gasteiger partial charge on any atom is 0.248 e.